The third-order valence-corrected chi connectivity index (χ3v) is 5.15. The summed E-state index contributed by atoms with van der Waals surface area (Å²) in [6, 6.07) is 6.52. The van der Waals surface area contributed by atoms with Gasteiger partial charge >= 0.3 is 17.8 Å². The van der Waals surface area contributed by atoms with Crippen molar-refractivity contribution in [2.24, 2.45) is 0 Å². The van der Waals surface area contributed by atoms with Crippen molar-refractivity contribution in [3.05, 3.63) is 35.4 Å². The number of hydrogen-bond donors (Lipinski definition) is 2. The first-order valence-corrected chi connectivity index (χ1v) is 9.23. The van der Waals surface area contributed by atoms with E-state index < -0.39 is 17.8 Å². The first kappa shape index (κ1) is 19.0. The Kier molecular flexibility index (Phi) is 5.55. The highest BCUT2D eigenvalue weighted by Gasteiger charge is 2.49. The first-order valence-electron chi connectivity index (χ1n) is 9.23. The number of carbonyl (C=O) groups is 4. The molecule has 1 aromatic carbocycles. The molecule has 1 unspecified atom stereocenters. The van der Waals surface area contributed by atoms with Crippen LogP contribution in [0, 0.1) is 0 Å². The van der Waals surface area contributed by atoms with Crippen LogP contribution in [0.4, 0.5) is 4.79 Å². The molecule has 1 saturated heterocycles. The normalized spacial score (nSPS) is 19.1. The van der Waals surface area contributed by atoms with Gasteiger partial charge in [0.05, 0.1) is 7.05 Å². The van der Waals surface area contributed by atoms with Crippen molar-refractivity contribution < 1.29 is 24.1 Å². The predicted molar refractivity (Wildman–Crippen MR) is 96.6 cm³/mol. The number of nitrogens with one attached hydrogen (secondary N) is 2. The van der Waals surface area contributed by atoms with Crippen molar-refractivity contribution in [2.75, 3.05) is 20.8 Å². The van der Waals surface area contributed by atoms with E-state index in [4.69, 9.17) is 0 Å². The molecule has 3 rings (SSSR count). The molecule has 2 N–H and O–H groups in total. The lowest BCUT2D eigenvalue weighted by molar-refractivity contribution is -0.901. The van der Waals surface area contributed by atoms with Crippen molar-refractivity contribution in [3.63, 3.8) is 0 Å². The molecule has 8 heteroatoms. The van der Waals surface area contributed by atoms with E-state index in [1.165, 1.54) is 0 Å². The number of amides is 5. The lowest BCUT2D eigenvalue weighted by atomic mass is 10.1. The number of quaternary nitrogens is 1. The van der Waals surface area contributed by atoms with Crippen molar-refractivity contribution in [1.29, 1.82) is 0 Å². The third kappa shape index (κ3) is 3.85. The third-order valence-electron chi connectivity index (χ3n) is 5.15. The van der Waals surface area contributed by atoms with Gasteiger partial charge in [-0.2, -0.15) is 0 Å². The molecule has 0 radical (unpaired) electrons. The number of hydrogen-bond acceptors (Lipinski definition) is 4. The molecule has 27 heavy (non-hydrogen) atoms. The molecule has 2 fully saturated rings. The number of benzene rings is 1. The summed E-state index contributed by atoms with van der Waals surface area (Å²) < 4.78 is 0. The predicted octanol–water partition coefficient (Wildman–Crippen LogP) is -0.248. The molecule has 0 aromatic heterocycles. The maximum Gasteiger partial charge on any atom is 0.338 e. The van der Waals surface area contributed by atoms with Gasteiger partial charge in [0.1, 0.15) is 6.54 Å². The molecule has 144 valence electrons. The molecule has 1 saturated carbocycles. The molecule has 1 aromatic rings. The average molecular weight is 373 g/mol. The fraction of sp³-hybridized carbons (Fsp3) is 0.474. The minimum Gasteiger partial charge on any atom is -0.355 e. The van der Waals surface area contributed by atoms with E-state index in [1.54, 1.807) is 19.2 Å². The molecule has 0 spiro atoms. The first-order chi connectivity index (χ1) is 12.9. The summed E-state index contributed by atoms with van der Waals surface area (Å²) in [6.07, 6.45) is 3.51. The van der Waals surface area contributed by atoms with Gasteiger partial charge in [-0.05, 0) is 25.0 Å². The summed E-state index contributed by atoms with van der Waals surface area (Å²) in [5.41, 5.74) is 1.54. The van der Waals surface area contributed by atoms with E-state index >= 15 is 0 Å². The van der Waals surface area contributed by atoms with Gasteiger partial charge in [0.15, 0.2) is 6.67 Å². The highest BCUT2D eigenvalue weighted by molar-refractivity contribution is 6.44. The zero-order chi connectivity index (χ0) is 19.6. The topological polar surface area (TPSA) is 91.2 Å². The summed E-state index contributed by atoms with van der Waals surface area (Å²) in [5.74, 6) is -1.59. The quantitative estimate of drug-likeness (QED) is 0.532. The van der Waals surface area contributed by atoms with Crippen molar-refractivity contribution in [2.45, 2.75) is 38.3 Å². The van der Waals surface area contributed by atoms with Crippen LogP contribution < -0.4 is 10.2 Å². The minimum atomic E-state index is -0.735. The Morgan fingerprint density at radius 3 is 2.33 bits per heavy atom. The van der Waals surface area contributed by atoms with Gasteiger partial charge in [-0.1, -0.05) is 25.0 Å². The van der Waals surface area contributed by atoms with E-state index in [9.17, 15) is 19.2 Å². The number of imide groups is 2. The second-order valence-corrected chi connectivity index (χ2v) is 7.20. The van der Waals surface area contributed by atoms with Crippen LogP contribution in [-0.4, -0.2) is 60.4 Å². The number of urea groups is 1. The standard InChI is InChI=1S/C19H24N4O4/c1-20-16(24)14-9-7-13(8-10-14)11-21(2)12-22-17(25)18(26)23(19(22)27)15-5-3-4-6-15/h7-10,15H,3-6,11-12H2,1-2H3,(H,20,24)/p+1. The smallest absolute Gasteiger partial charge is 0.338 e. The number of carbonyl (C=O) groups excluding carboxylic acids is 4. The number of rotatable bonds is 6. The van der Waals surface area contributed by atoms with Crippen LogP contribution >= 0.6 is 0 Å². The lowest BCUT2D eigenvalue weighted by Crippen LogP contribution is -3.09. The molecular weight excluding hydrogens is 348 g/mol. The van der Waals surface area contributed by atoms with Crippen LogP contribution in [0.1, 0.15) is 41.6 Å². The Bertz CT molecular complexity index is 755. The van der Waals surface area contributed by atoms with Crippen LogP contribution in [-0.2, 0) is 16.1 Å². The van der Waals surface area contributed by atoms with Gasteiger partial charge in [-0.3, -0.25) is 19.3 Å². The van der Waals surface area contributed by atoms with E-state index in [2.05, 4.69) is 5.32 Å². The minimum absolute atomic E-state index is 0.129. The molecule has 1 atom stereocenters. The SMILES string of the molecule is CNC(=O)c1ccc(C[NH+](C)CN2C(=O)C(=O)N(C3CCCC3)C2=O)cc1. The molecule has 1 heterocycles. The summed E-state index contributed by atoms with van der Waals surface area (Å²) in [4.78, 5) is 51.8. The Balaban J connectivity index is 1.62. The Morgan fingerprint density at radius 1 is 1.11 bits per heavy atom. The van der Waals surface area contributed by atoms with Crippen molar-refractivity contribution >= 4 is 23.8 Å². The molecule has 2 aliphatic rings. The molecule has 0 bridgehead atoms. The number of nitrogens with zero attached hydrogens (tertiary/aromatic N) is 2. The van der Waals surface area contributed by atoms with Crippen LogP contribution in [0.25, 0.3) is 0 Å². The molecule has 1 aliphatic carbocycles. The van der Waals surface area contributed by atoms with Crippen LogP contribution in [0.5, 0.6) is 0 Å². The fourth-order valence-corrected chi connectivity index (χ4v) is 3.74. The summed E-state index contributed by atoms with van der Waals surface area (Å²) in [6.45, 7) is 0.687. The van der Waals surface area contributed by atoms with Gasteiger partial charge in [0.2, 0.25) is 0 Å². The van der Waals surface area contributed by atoms with Gasteiger partial charge in [0, 0.05) is 24.2 Å². The van der Waals surface area contributed by atoms with Gasteiger partial charge in [-0.25, -0.2) is 9.69 Å². The van der Waals surface area contributed by atoms with Crippen LogP contribution in [0.15, 0.2) is 24.3 Å². The van der Waals surface area contributed by atoms with Crippen LogP contribution in [0.2, 0.25) is 0 Å². The van der Waals surface area contributed by atoms with Crippen molar-refractivity contribution in [3.8, 4) is 0 Å². The highest BCUT2D eigenvalue weighted by Crippen LogP contribution is 2.27. The van der Waals surface area contributed by atoms with Crippen LogP contribution in [0.3, 0.4) is 0 Å². The second-order valence-electron chi connectivity index (χ2n) is 7.20. The van der Waals surface area contributed by atoms with Crippen molar-refractivity contribution in [1.82, 2.24) is 15.1 Å². The Labute approximate surface area is 158 Å². The molecule has 1 aliphatic heterocycles. The van der Waals surface area contributed by atoms with E-state index in [-0.39, 0.29) is 18.6 Å². The largest absolute Gasteiger partial charge is 0.355 e. The monoisotopic (exact) mass is 373 g/mol. The Morgan fingerprint density at radius 2 is 1.74 bits per heavy atom. The highest BCUT2D eigenvalue weighted by atomic mass is 16.2. The fourth-order valence-electron chi connectivity index (χ4n) is 3.74. The second kappa shape index (κ2) is 7.87. The molecular formula is C19H25N4O4+. The van der Waals surface area contributed by atoms with E-state index in [0.29, 0.717) is 12.1 Å². The lowest BCUT2D eigenvalue weighted by Gasteiger charge is -2.22. The summed E-state index contributed by atoms with van der Waals surface area (Å²) in [7, 11) is 3.43. The van der Waals surface area contributed by atoms with E-state index in [1.807, 2.05) is 19.2 Å². The molecule has 5 amide bonds. The summed E-state index contributed by atoms with van der Waals surface area (Å²) in [5, 5.41) is 2.57. The van der Waals surface area contributed by atoms with Gasteiger partial charge in [-0.15, -0.1) is 0 Å². The molecule has 8 nitrogen and oxygen atoms in total. The van der Waals surface area contributed by atoms with Gasteiger partial charge in [0.25, 0.3) is 5.91 Å². The zero-order valence-electron chi connectivity index (χ0n) is 15.7. The maximum atomic E-state index is 12.6. The Hall–Kier alpha value is -2.74. The zero-order valence-corrected chi connectivity index (χ0v) is 15.7. The average Bonchev–Trinajstić information content (AvgIpc) is 3.25. The maximum absolute atomic E-state index is 12.6. The summed E-state index contributed by atoms with van der Waals surface area (Å²) >= 11 is 0. The van der Waals surface area contributed by atoms with Gasteiger partial charge < -0.3 is 10.2 Å². The van der Waals surface area contributed by atoms with E-state index in [0.717, 1.165) is 45.9 Å².